The second-order valence-electron chi connectivity index (χ2n) is 28.3. The van der Waals surface area contributed by atoms with Gasteiger partial charge in [-0.05, 0) is 89.9 Å². The lowest BCUT2D eigenvalue weighted by Gasteiger charge is -2.26. The molecule has 9 heteroatoms. The lowest BCUT2D eigenvalue weighted by Crippen LogP contribution is -2.44. The summed E-state index contributed by atoms with van der Waals surface area (Å²) in [7, 11) is 5.94. The SMILES string of the molecule is CC/C=C\C/C=C\C/C=C\C/C=C\C/C=C\C/C=C\C/C=C\C/C=C\C/C=C\C/C=C\CCCCCCCCCCCCC(=O)OC(COC(=O)CCCCCCCCCCCCCCCCCCCCCCCCCCCCCCCCC)COC(OCC[N+](C)(C)C)C(=O)[O-]. The zero-order valence-corrected chi connectivity index (χ0v) is 63.9. The number of ether oxygens (including phenoxy) is 4. The largest absolute Gasteiger partial charge is 0.545 e. The number of nitrogens with zero attached hydrogens (tertiary/aromatic N) is 1. The Balaban J connectivity index is 4.06. The van der Waals surface area contributed by atoms with Gasteiger partial charge in [0.25, 0.3) is 0 Å². The highest BCUT2D eigenvalue weighted by molar-refractivity contribution is 5.70. The first-order valence-electron chi connectivity index (χ1n) is 40.7. The van der Waals surface area contributed by atoms with Crippen molar-refractivity contribution in [3.8, 4) is 0 Å². The van der Waals surface area contributed by atoms with E-state index in [1.54, 1.807) is 0 Å². The number of carboxylic acids is 1. The molecule has 0 aliphatic rings. The molecule has 0 aromatic carbocycles. The molecule has 2 unspecified atom stereocenters. The lowest BCUT2D eigenvalue weighted by atomic mass is 10.0. The predicted octanol–water partition coefficient (Wildman–Crippen LogP) is 24.9. The molecular formula is C88H153NO8. The average Bonchev–Trinajstić information content (AvgIpc) is 3.27. The fourth-order valence-electron chi connectivity index (χ4n) is 11.6. The van der Waals surface area contributed by atoms with Crippen molar-refractivity contribution in [2.45, 2.75) is 373 Å². The summed E-state index contributed by atoms with van der Waals surface area (Å²) < 4.78 is 22.9. The molecule has 0 aromatic heterocycles. The number of hydrogen-bond acceptors (Lipinski definition) is 8. The fraction of sp³-hybridized carbons (Fsp3) is 0.739. The van der Waals surface area contributed by atoms with Crippen LogP contribution < -0.4 is 5.11 Å². The van der Waals surface area contributed by atoms with Gasteiger partial charge in [-0.15, -0.1) is 0 Å². The van der Waals surface area contributed by atoms with Crippen LogP contribution in [0.2, 0.25) is 0 Å². The van der Waals surface area contributed by atoms with Crippen LogP contribution in [0.3, 0.4) is 0 Å². The number of hydrogen-bond donors (Lipinski definition) is 0. The Morgan fingerprint density at radius 2 is 0.588 bits per heavy atom. The van der Waals surface area contributed by atoms with Gasteiger partial charge in [0.15, 0.2) is 12.4 Å². The molecule has 0 fully saturated rings. The molecule has 558 valence electrons. The van der Waals surface area contributed by atoms with E-state index in [9.17, 15) is 19.5 Å². The summed E-state index contributed by atoms with van der Waals surface area (Å²) in [5.41, 5.74) is 0. The molecule has 2 atom stereocenters. The Bertz CT molecular complexity index is 2020. The van der Waals surface area contributed by atoms with Crippen LogP contribution in [0, 0.1) is 0 Å². The summed E-state index contributed by atoms with van der Waals surface area (Å²) in [6, 6.07) is 0. The van der Waals surface area contributed by atoms with E-state index in [1.165, 1.54) is 218 Å². The van der Waals surface area contributed by atoms with Gasteiger partial charge >= 0.3 is 11.9 Å². The highest BCUT2D eigenvalue weighted by atomic mass is 16.7. The highest BCUT2D eigenvalue weighted by Gasteiger charge is 2.22. The normalized spacial score (nSPS) is 13.3. The fourth-order valence-corrected chi connectivity index (χ4v) is 11.6. The van der Waals surface area contributed by atoms with E-state index < -0.39 is 24.3 Å². The van der Waals surface area contributed by atoms with E-state index in [4.69, 9.17) is 18.9 Å². The number of likely N-dealkylation sites (N-methyl/N-ethyl adjacent to an activating group) is 1. The number of aliphatic carboxylic acids is 1. The molecule has 0 spiro atoms. The van der Waals surface area contributed by atoms with Crippen molar-refractivity contribution >= 4 is 17.9 Å². The minimum absolute atomic E-state index is 0.144. The van der Waals surface area contributed by atoms with Crippen LogP contribution in [0.25, 0.3) is 0 Å². The molecule has 9 nitrogen and oxygen atoms in total. The average molecular weight is 1350 g/mol. The van der Waals surface area contributed by atoms with Crippen LogP contribution in [0.15, 0.2) is 122 Å². The zero-order chi connectivity index (χ0) is 70.4. The number of carbonyl (C=O) groups is 3. The number of esters is 2. The van der Waals surface area contributed by atoms with Gasteiger partial charge in [0.2, 0.25) is 0 Å². The van der Waals surface area contributed by atoms with Gasteiger partial charge in [0, 0.05) is 12.8 Å². The number of carboxylic acid groups (broad SMARTS) is 1. The number of carbonyl (C=O) groups excluding carboxylic acids is 3. The van der Waals surface area contributed by atoms with E-state index in [-0.39, 0.29) is 32.2 Å². The van der Waals surface area contributed by atoms with Crippen molar-refractivity contribution in [1.82, 2.24) is 0 Å². The Kier molecular flexibility index (Phi) is 74.0. The number of rotatable bonds is 75. The summed E-state index contributed by atoms with van der Waals surface area (Å²) in [5.74, 6) is -2.28. The molecule has 0 rings (SSSR count). The smallest absolute Gasteiger partial charge is 0.306 e. The predicted molar refractivity (Wildman–Crippen MR) is 417 cm³/mol. The van der Waals surface area contributed by atoms with Crippen LogP contribution in [-0.4, -0.2) is 82.3 Å². The minimum atomic E-state index is -1.63. The Morgan fingerprint density at radius 3 is 0.876 bits per heavy atom. The van der Waals surface area contributed by atoms with Crippen LogP contribution in [0.4, 0.5) is 0 Å². The first kappa shape index (κ1) is 92.7. The topological polar surface area (TPSA) is 111 Å². The van der Waals surface area contributed by atoms with E-state index in [2.05, 4.69) is 135 Å². The summed E-state index contributed by atoms with van der Waals surface area (Å²) in [4.78, 5) is 37.6. The molecule has 0 saturated carbocycles. The van der Waals surface area contributed by atoms with E-state index >= 15 is 0 Å². The molecule has 0 aromatic rings. The van der Waals surface area contributed by atoms with Crippen LogP contribution in [0.1, 0.15) is 361 Å². The Hall–Kier alpha value is -4.31. The van der Waals surface area contributed by atoms with Crippen LogP contribution in [0.5, 0.6) is 0 Å². The molecule has 0 amide bonds. The molecular weight excluding hydrogens is 1200 g/mol. The van der Waals surface area contributed by atoms with Gasteiger partial charge in [0.1, 0.15) is 13.2 Å². The maximum atomic E-state index is 13.0. The van der Waals surface area contributed by atoms with Crippen molar-refractivity contribution < 1.29 is 42.9 Å². The maximum absolute atomic E-state index is 13.0. The molecule has 0 aliphatic heterocycles. The van der Waals surface area contributed by atoms with Crippen LogP contribution >= 0.6 is 0 Å². The van der Waals surface area contributed by atoms with E-state index in [0.29, 0.717) is 23.9 Å². The maximum Gasteiger partial charge on any atom is 0.306 e. The lowest BCUT2D eigenvalue weighted by molar-refractivity contribution is -0.870. The first-order chi connectivity index (χ1) is 47.6. The number of quaternary nitrogens is 1. The van der Waals surface area contributed by atoms with Gasteiger partial charge in [-0.2, -0.15) is 0 Å². The third-order valence-corrected chi connectivity index (χ3v) is 17.7. The summed E-state index contributed by atoms with van der Waals surface area (Å²) in [6.07, 6.45) is 107. The van der Waals surface area contributed by atoms with Crippen molar-refractivity contribution in [3.05, 3.63) is 122 Å². The quantitative estimate of drug-likeness (QED) is 0.0195. The third-order valence-electron chi connectivity index (χ3n) is 17.7. The molecule has 0 N–H and O–H groups in total. The number of unbranched alkanes of at least 4 members (excludes halogenated alkanes) is 40. The zero-order valence-electron chi connectivity index (χ0n) is 63.9. The van der Waals surface area contributed by atoms with Crippen molar-refractivity contribution in [2.75, 3.05) is 47.5 Å². The van der Waals surface area contributed by atoms with E-state index in [0.717, 1.165) is 109 Å². The van der Waals surface area contributed by atoms with Crippen LogP contribution in [-0.2, 0) is 33.3 Å². The standard InChI is InChI=1S/C88H153NO8/c1-6-8-10-12-14-16-18-20-22-24-26-28-30-32-34-36-38-39-40-41-42-43-44-45-46-47-49-51-53-55-57-59-61-63-65-67-69-71-73-75-77-79-86(91)97-84(83-96-88(87(92)93)94-81-80-89(3,4)5)82-95-85(90)78-76-74-72-70-68-66-64-62-60-58-56-54-52-50-48-37-35-33-31-29-27-25-23-21-19-17-15-13-11-9-7-2/h8,10,14,16,20,22,26,28,32,34,38-39,41-42,44-45,47,49,53,55,84,88H,6-7,9,11-13,15,17-19,21,23-25,27,29-31,33,35-37,40,43,46,48,50-52,54,56-83H2,1-5H3/b10-8-,16-14-,22-20-,28-26-,34-32-,39-38-,42-41-,45-44-,49-47-,55-53-. The molecule has 97 heavy (non-hydrogen) atoms. The summed E-state index contributed by atoms with van der Waals surface area (Å²) >= 11 is 0. The van der Waals surface area contributed by atoms with Gasteiger partial charge in [0.05, 0.1) is 40.3 Å². The summed E-state index contributed by atoms with van der Waals surface area (Å²) in [5, 5.41) is 11.9. The van der Waals surface area contributed by atoms with Gasteiger partial charge < -0.3 is 33.3 Å². The van der Waals surface area contributed by atoms with Crippen molar-refractivity contribution in [2.24, 2.45) is 0 Å². The van der Waals surface area contributed by atoms with Gasteiger partial charge in [-0.25, -0.2) is 0 Å². The minimum Gasteiger partial charge on any atom is -0.545 e. The van der Waals surface area contributed by atoms with Crippen molar-refractivity contribution in [3.63, 3.8) is 0 Å². The second kappa shape index (κ2) is 77.4. The van der Waals surface area contributed by atoms with Gasteiger partial charge in [-0.3, -0.25) is 9.59 Å². The Morgan fingerprint density at radius 1 is 0.320 bits per heavy atom. The molecule has 0 saturated heterocycles. The molecule has 0 heterocycles. The molecule has 0 bridgehead atoms. The highest BCUT2D eigenvalue weighted by Crippen LogP contribution is 2.19. The van der Waals surface area contributed by atoms with E-state index in [1.807, 2.05) is 21.1 Å². The van der Waals surface area contributed by atoms with Crippen molar-refractivity contribution in [1.29, 1.82) is 0 Å². The second-order valence-corrected chi connectivity index (χ2v) is 28.3. The molecule has 0 aliphatic carbocycles. The third kappa shape index (κ3) is 78.9. The number of allylic oxidation sites excluding steroid dienone is 20. The molecule has 0 radical (unpaired) electrons. The Labute approximate surface area is 599 Å². The monoisotopic (exact) mass is 1350 g/mol. The van der Waals surface area contributed by atoms with Gasteiger partial charge in [-0.1, -0.05) is 379 Å². The first-order valence-corrected chi connectivity index (χ1v) is 40.7. The summed E-state index contributed by atoms with van der Waals surface area (Å²) in [6.45, 7) is 4.67.